The topological polar surface area (TPSA) is 114 Å². The maximum Gasteiger partial charge on any atom is 0.323 e. The summed E-state index contributed by atoms with van der Waals surface area (Å²) in [5.74, 6) is 0.969. The van der Waals surface area contributed by atoms with Gasteiger partial charge in [-0.2, -0.15) is 5.10 Å². The summed E-state index contributed by atoms with van der Waals surface area (Å²) in [5, 5.41) is 13.9. The van der Waals surface area contributed by atoms with Crippen molar-refractivity contribution in [2.24, 2.45) is 0 Å². The number of aromatic amines is 1. The van der Waals surface area contributed by atoms with E-state index in [-0.39, 0.29) is 12.8 Å². The van der Waals surface area contributed by atoms with Gasteiger partial charge in [-0.25, -0.2) is 4.79 Å². The molecule has 2 amide bonds. The number of fused-ring (bicyclic) bond motifs is 1. The zero-order valence-electron chi connectivity index (χ0n) is 16.6. The average Bonchev–Trinajstić information content (AvgIpc) is 3.15. The van der Waals surface area contributed by atoms with E-state index in [4.69, 9.17) is 26.8 Å². The first kappa shape index (κ1) is 20.5. The van der Waals surface area contributed by atoms with Crippen LogP contribution in [0.25, 0.3) is 22.0 Å². The molecule has 4 aromatic rings. The number of halogens is 1. The van der Waals surface area contributed by atoms with E-state index in [2.05, 4.69) is 20.8 Å². The molecule has 1 heterocycles. The second kappa shape index (κ2) is 8.95. The second-order valence-corrected chi connectivity index (χ2v) is 7.12. The van der Waals surface area contributed by atoms with E-state index in [9.17, 15) is 4.79 Å². The molecule has 3 aromatic carbocycles. The molecule has 8 nitrogen and oxygen atoms in total. The predicted molar refractivity (Wildman–Crippen MR) is 123 cm³/mol. The predicted octanol–water partition coefficient (Wildman–Crippen LogP) is 5.09. The Bertz CT molecular complexity index is 1220. The van der Waals surface area contributed by atoms with Crippen LogP contribution in [0.5, 0.6) is 5.75 Å². The van der Waals surface area contributed by atoms with E-state index in [0.717, 1.165) is 16.5 Å². The summed E-state index contributed by atoms with van der Waals surface area (Å²) in [6.07, 6.45) is 0. The first-order valence-electron chi connectivity index (χ1n) is 9.37. The molecule has 5 N–H and O–H groups in total. The number of carbonyl (C=O) groups excluding carboxylic acids is 1. The van der Waals surface area contributed by atoms with Crippen LogP contribution in [-0.2, 0) is 4.74 Å². The van der Waals surface area contributed by atoms with Crippen molar-refractivity contribution < 1.29 is 14.3 Å². The fraction of sp³-hybridized carbons (Fsp3) is 0.0909. The Morgan fingerprint density at radius 3 is 2.61 bits per heavy atom. The summed E-state index contributed by atoms with van der Waals surface area (Å²) >= 11 is 5.94. The monoisotopic (exact) mass is 437 g/mol. The summed E-state index contributed by atoms with van der Waals surface area (Å²) in [6.45, 7) is 0.116. The minimum atomic E-state index is -0.365. The van der Waals surface area contributed by atoms with Crippen LogP contribution in [0.1, 0.15) is 0 Å². The van der Waals surface area contributed by atoms with Crippen LogP contribution < -0.4 is 21.1 Å². The first-order chi connectivity index (χ1) is 15.0. The average molecular weight is 438 g/mol. The van der Waals surface area contributed by atoms with E-state index in [0.29, 0.717) is 33.5 Å². The molecule has 0 saturated carbocycles. The van der Waals surface area contributed by atoms with Crippen LogP contribution in [0.3, 0.4) is 0 Å². The van der Waals surface area contributed by atoms with Gasteiger partial charge in [0, 0.05) is 23.5 Å². The highest BCUT2D eigenvalue weighted by atomic mass is 35.5. The quantitative estimate of drug-likeness (QED) is 0.313. The molecule has 0 unspecified atom stereocenters. The molecule has 31 heavy (non-hydrogen) atoms. The molecule has 9 heteroatoms. The number of rotatable bonds is 6. The molecule has 0 bridgehead atoms. The fourth-order valence-electron chi connectivity index (χ4n) is 3.21. The van der Waals surface area contributed by atoms with Crippen molar-refractivity contribution in [1.29, 1.82) is 0 Å². The highest BCUT2D eigenvalue weighted by Gasteiger charge is 2.15. The number of urea groups is 1. The molecule has 4 rings (SSSR count). The number of H-pyrrole nitrogens is 1. The Morgan fingerprint density at radius 2 is 1.87 bits per heavy atom. The lowest BCUT2D eigenvalue weighted by atomic mass is 10.0. The molecule has 1 aromatic heterocycles. The number of nitrogens with two attached hydrogens (primary N) is 1. The number of anilines is 3. The molecule has 0 aliphatic heterocycles. The Balaban J connectivity index is 1.53. The lowest BCUT2D eigenvalue weighted by Gasteiger charge is -2.11. The first-order valence-corrected chi connectivity index (χ1v) is 9.75. The van der Waals surface area contributed by atoms with Crippen molar-refractivity contribution in [1.82, 2.24) is 10.2 Å². The van der Waals surface area contributed by atoms with Crippen LogP contribution in [0.15, 0.2) is 60.7 Å². The summed E-state index contributed by atoms with van der Waals surface area (Å²) in [6, 6.07) is 17.7. The van der Waals surface area contributed by atoms with Crippen molar-refractivity contribution in [3.63, 3.8) is 0 Å². The third-order valence-electron chi connectivity index (χ3n) is 4.58. The van der Waals surface area contributed by atoms with Gasteiger partial charge in [0.05, 0.1) is 5.39 Å². The zero-order valence-corrected chi connectivity index (χ0v) is 17.4. The Morgan fingerprint density at radius 1 is 1.10 bits per heavy atom. The molecular formula is C22H20ClN5O3. The highest BCUT2D eigenvalue weighted by molar-refractivity contribution is 6.30. The van der Waals surface area contributed by atoms with Gasteiger partial charge in [-0.1, -0.05) is 29.8 Å². The normalized spacial score (nSPS) is 10.8. The lowest BCUT2D eigenvalue weighted by Crippen LogP contribution is -2.19. The summed E-state index contributed by atoms with van der Waals surface area (Å²) in [5.41, 5.74) is 9.83. The van der Waals surface area contributed by atoms with Crippen LogP contribution >= 0.6 is 11.6 Å². The van der Waals surface area contributed by atoms with Crippen LogP contribution in [0.2, 0.25) is 5.02 Å². The number of nitrogen functional groups attached to an aromatic ring is 1. The number of benzene rings is 3. The number of hydrogen-bond acceptors (Lipinski definition) is 5. The number of hydrogen-bond donors (Lipinski definition) is 4. The van der Waals surface area contributed by atoms with Gasteiger partial charge >= 0.3 is 6.03 Å². The number of nitrogens with zero attached hydrogens (tertiary/aromatic N) is 1. The maximum atomic E-state index is 12.2. The number of aromatic nitrogens is 2. The van der Waals surface area contributed by atoms with Gasteiger partial charge in [0.1, 0.15) is 11.3 Å². The minimum absolute atomic E-state index is 0.116. The second-order valence-electron chi connectivity index (χ2n) is 6.69. The number of nitrogens with one attached hydrogen (secondary N) is 3. The Labute approximate surface area is 183 Å². The molecule has 0 fully saturated rings. The van der Waals surface area contributed by atoms with Crippen molar-refractivity contribution >= 4 is 45.7 Å². The van der Waals surface area contributed by atoms with E-state index in [1.165, 1.54) is 0 Å². The standard InChI is InChI=1S/C22H20ClN5O3/c1-30-12-31-18-10-9-17(19-20(18)27-28-21(19)24)13-5-7-15(8-6-13)25-22(29)26-16-4-2-3-14(23)11-16/h2-11H,12H2,1H3,(H3,24,27,28)(H2,25,26,29). The molecule has 0 radical (unpaired) electrons. The zero-order chi connectivity index (χ0) is 21.8. The molecule has 0 saturated heterocycles. The maximum absolute atomic E-state index is 12.2. The number of ether oxygens (including phenoxy) is 2. The smallest absolute Gasteiger partial charge is 0.323 e. The van der Waals surface area contributed by atoms with Gasteiger partial charge in [-0.3, -0.25) is 5.10 Å². The molecule has 0 aliphatic rings. The van der Waals surface area contributed by atoms with Gasteiger partial charge in [0.25, 0.3) is 0 Å². The van der Waals surface area contributed by atoms with Gasteiger partial charge in [0.2, 0.25) is 0 Å². The van der Waals surface area contributed by atoms with Gasteiger partial charge in [0.15, 0.2) is 12.6 Å². The van der Waals surface area contributed by atoms with Crippen molar-refractivity contribution in [2.75, 3.05) is 30.3 Å². The molecule has 0 atom stereocenters. The van der Waals surface area contributed by atoms with Crippen LogP contribution in [0.4, 0.5) is 22.0 Å². The SMILES string of the molecule is COCOc1ccc(-c2ccc(NC(=O)Nc3cccc(Cl)c3)cc2)c2c(N)n[nH]c12. The minimum Gasteiger partial charge on any atom is -0.465 e. The van der Waals surface area contributed by atoms with Crippen molar-refractivity contribution in [2.45, 2.75) is 0 Å². The Hall–Kier alpha value is -3.75. The Kier molecular flexibility index (Phi) is 5.92. The van der Waals surface area contributed by atoms with E-state index < -0.39 is 0 Å². The van der Waals surface area contributed by atoms with E-state index >= 15 is 0 Å². The van der Waals surface area contributed by atoms with E-state index in [1.54, 1.807) is 31.4 Å². The summed E-state index contributed by atoms with van der Waals surface area (Å²) < 4.78 is 10.6. The third kappa shape index (κ3) is 4.55. The third-order valence-corrected chi connectivity index (χ3v) is 4.82. The number of carbonyl (C=O) groups is 1. The number of methoxy groups -OCH3 is 1. The highest BCUT2D eigenvalue weighted by Crippen LogP contribution is 2.36. The fourth-order valence-corrected chi connectivity index (χ4v) is 3.40. The lowest BCUT2D eigenvalue weighted by molar-refractivity contribution is 0.0521. The van der Waals surface area contributed by atoms with Crippen LogP contribution in [-0.4, -0.2) is 30.1 Å². The van der Waals surface area contributed by atoms with Crippen LogP contribution in [0, 0.1) is 0 Å². The van der Waals surface area contributed by atoms with Crippen molar-refractivity contribution in [3.8, 4) is 16.9 Å². The number of amides is 2. The van der Waals surface area contributed by atoms with Gasteiger partial charge in [-0.15, -0.1) is 0 Å². The molecule has 0 aliphatic carbocycles. The van der Waals surface area contributed by atoms with Crippen molar-refractivity contribution in [3.05, 3.63) is 65.7 Å². The summed E-state index contributed by atoms with van der Waals surface area (Å²) in [7, 11) is 1.55. The van der Waals surface area contributed by atoms with E-state index in [1.807, 2.05) is 36.4 Å². The van der Waals surface area contributed by atoms with Gasteiger partial charge in [-0.05, 0) is 53.6 Å². The molecule has 158 valence electrons. The summed E-state index contributed by atoms with van der Waals surface area (Å²) in [4.78, 5) is 12.2. The molecule has 0 spiro atoms. The molecular weight excluding hydrogens is 418 g/mol. The van der Waals surface area contributed by atoms with Gasteiger partial charge < -0.3 is 25.8 Å². The largest absolute Gasteiger partial charge is 0.465 e.